The van der Waals surface area contributed by atoms with E-state index in [1.54, 1.807) is 36.4 Å². The molecule has 0 aliphatic carbocycles. The average Bonchev–Trinajstić information content (AvgIpc) is 2.49. The number of nitrogens with zero attached hydrogens (tertiary/aromatic N) is 2. The Balaban J connectivity index is 2.50. The molecule has 3 N–H and O–H groups in total. The first-order chi connectivity index (χ1) is 9.69. The van der Waals surface area contributed by atoms with E-state index in [1.807, 2.05) is 6.07 Å². The first-order valence-electron chi connectivity index (χ1n) is 5.83. The van der Waals surface area contributed by atoms with E-state index in [1.165, 1.54) is 7.11 Å². The number of nitriles is 2. The Morgan fingerprint density at radius 2 is 1.95 bits per heavy atom. The van der Waals surface area contributed by atoms with Gasteiger partial charge in [0.25, 0.3) is 0 Å². The molecule has 2 aromatic carbocycles. The zero-order chi connectivity index (χ0) is 14.5. The van der Waals surface area contributed by atoms with E-state index in [9.17, 15) is 0 Å². The third kappa shape index (κ3) is 2.47. The van der Waals surface area contributed by atoms with E-state index in [2.05, 4.69) is 11.4 Å². The molecule has 20 heavy (non-hydrogen) atoms. The highest BCUT2D eigenvalue weighted by Gasteiger charge is 2.11. The molecule has 0 bridgehead atoms. The van der Waals surface area contributed by atoms with Crippen molar-refractivity contribution in [1.82, 2.24) is 0 Å². The van der Waals surface area contributed by atoms with Crippen molar-refractivity contribution < 1.29 is 4.74 Å². The molecular weight excluding hydrogens is 252 g/mol. The molecule has 0 unspecified atom stereocenters. The van der Waals surface area contributed by atoms with Crippen molar-refractivity contribution in [3.05, 3.63) is 47.5 Å². The number of nitrogens with two attached hydrogens (primary N) is 1. The highest BCUT2D eigenvalue weighted by atomic mass is 16.5. The maximum absolute atomic E-state index is 9.16. The summed E-state index contributed by atoms with van der Waals surface area (Å²) < 4.78 is 5.24. The van der Waals surface area contributed by atoms with Crippen LogP contribution in [0.1, 0.15) is 11.1 Å². The molecule has 2 aromatic rings. The quantitative estimate of drug-likeness (QED) is 0.831. The first-order valence-corrected chi connectivity index (χ1v) is 5.83. The molecule has 0 radical (unpaired) electrons. The first kappa shape index (κ1) is 13.3. The minimum Gasteiger partial charge on any atom is -0.495 e. The summed E-state index contributed by atoms with van der Waals surface area (Å²) in [7, 11) is 1.52. The number of para-hydroxylation sites is 1. The Labute approximate surface area is 116 Å². The van der Waals surface area contributed by atoms with Gasteiger partial charge in [0.05, 0.1) is 41.4 Å². The lowest BCUT2D eigenvalue weighted by atomic mass is 10.1. The average molecular weight is 264 g/mol. The standard InChI is InChI=1S/C15H12N4O/c1-20-14-4-2-3-11(9-17)15(14)19-13-7-10(8-16)5-6-12(13)18/h2-7,19H,18H2,1H3. The van der Waals surface area contributed by atoms with Crippen molar-refractivity contribution in [1.29, 1.82) is 10.5 Å². The summed E-state index contributed by atoms with van der Waals surface area (Å²) in [6.07, 6.45) is 0. The molecule has 0 aliphatic rings. The van der Waals surface area contributed by atoms with Gasteiger partial charge in [0.1, 0.15) is 11.8 Å². The van der Waals surface area contributed by atoms with Gasteiger partial charge in [0.2, 0.25) is 0 Å². The summed E-state index contributed by atoms with van der Waals surface area (Å²) in [5, 5.41) is 21.1. The normalized spacial score (nSPS) is 9.35. The van der Waals surface area contributed by atoms with Crippen LogP contribution in [0.5, 0.6) is 5.75 Å². The number of anilines is 3. The van der Waals surface area contributed by atoms with Crippen LogP contribution in [0.15, 0.2) is 36.4 Å². The fourth-order valence-corrected chi connectivity index (χ4v) is 1.79. The molecule has 0 amide bonds. The Hall–Kier alpha value is -3.18. The zero-order valence-electron chi connectivity index (χ0n) is 10.8. The van der Waals surface area contributed by atoms with E-state index < -0.39 is 0 Å². The van der Waals surface area contributed by atoms with Gasteiger partial charge in [-0.1, -0.05) is 6.07 Å². The lowest BCUT2D eigenvalue weighted by molar-refractivity contribution is 0.416. The predicted octanol–water partition coefficient (Wildman–Crippen LogP) is 2.76. The van der Waals surface area contributed by atoms with Crippen molar-refractivity contribution in [3.8, 4) is 17.9 Å². The largest absolute Gasteiger partial charge is 0.495 e. The molecule has 0 fully saturated rings. The molecule has 0 saturated carbocycles. The Kier molecular flexibility index (Phi) is 3.74. The third-order valence-corrected chi connectivity index (χ3v) is 2.81. The Morgan fingerprint density at radius 3 is 2.60 bits per heavy atom. The van der Waals surface area contributed by atoms with E-state index in [4.69, 9.17) is 21.0 Å². The number of hydrogen-bond donors (Lipinski definition) is 2. The van der Waals surface area contributed by atoms with Crippen LogP contribution in [0.3, 0.4) is 0 Å². The second-order valence-corrected chi connectivity index (χ2v) is 4.03. The smallest absolute Gasteiger partial charge is 0.143 e. The predicted molar refractivity (Wildman–Crippen MR) is 76.6 cm³/mol. The van der Waals surface area contributed by atoms with Crippen molar-refractivity contribution in [2.45, 2.75) is 0 Å². The molecule has 0 spiro atoms. The second-order valence-electron chi connectivity index (χ2n) is 4.03. The lowest BCUT2D eigenvalue weighted by Gasteiger charge is -2.14. The Bertz CT molecular complexity index is 726. The Morgan fingerprint density at radius 1 is 1.15 bits per heavy atom. The van der Waals surface area contributed by atoms with Gasteiger partial charge >= 0.3 is 0 Å². The van der Waals surface area contributed by atoms with Crippen molar-refractivity contribution in [3.63, 3.8) is 0 Å². The van der Waals surface area contributed by atoms with Crippen LogP contribution in [-0.2, 0) is 0 Å². The number of nitrogen functional groups attached to an aromatic ring is 1. The van der Waals surface area contributed by atoms with E-state index in [0.29, 0.717) is 33.9 Å². The van der Waals surface area contributed by atoms with Gasteiger partial charge in [0, 0.05) is 0 Å². The fourth-order valence-electron chi connectivity index (χ4n) is 1.79. The topological polar surface area (TPSA) is 94.9 Å². The van der Waals surface area contributed by atoms with Crippen molar-refractivity contribution in [2.75, 3.05) is 18.2 Å². The van der Waals surface area contributed by atoms with Crippen LogP contribution < -0.4 is 15.8 Å². The molecule has 2 rings (SSSR count). The molecule has 0 heterocycles. The van der Waals surface area contributed by atoms with Gasteiger partial charge in [-0.3, -0.25) is 0 Å². The lowest BCUT2D eigenvalue weighted by Crippen LogP contribution is -2.01. The monoisotopic (exact) mass is 264 g/mol. The summed E-state index contributed by atoms with van der Waals surface area (Å²) in [4.78, 5) is 0. The molecule has 0 aliphatic heterocycles. The SMILES string of the molecule is COc1cccc(C#N)c1Nc1cc(C#N)ccc1N. The third-order valence-electron chi connectivity index (χ3n) is 2.81. The van der Waals surface area contributed by atoms with Gasteiger partial charge in [-0.05, 0) is 30.3 Å². The minimum atomic E-state index is 0.436. The minimum absolute atomic E-state index is 0.436. The molecule has 0 aromatic heterocycles. The fraction of sp³-hybridized carbons (Fsp3) is 0.0667. The zero-order valence-corrected chi connectivity index (χ0v) is 10.8. The maximum atomic E-state index is 9.16. The molecule has 5 nitrogen and oxygen atoms in total. The van der Waals surface area contributed by atoms with Crippen LogP contribution in [0, 0.1) is 22.7 Å². The highest BCUT2D eigenvalue weighted by molar-refractivity contribution is 5.79. The summed E-state index contributed by atoms with van der Waals surface area (Å²) in [6, 6.07) is 14.2. The maximum Gasteiger partial charge on any atom is 0.143 e. The van der Waals surface area contributed by atoms with Gasteiger partial charge < -0.3 is 15.8 Å². The number of rotatable bonds is 3. The van der Waals surface area contributed by atoms with Crippen LogP contribution in [-0.4, -0.2) is 7.11 Å². The molecule has 0 saturated heterocycles. The molecule has 98 valence electrons. The van der Waals surface area contributed by atoms with E-state index >= 15 is 0 Å². The number of hydrogen-bond acceptors (Lipinski definition) is 5. The van der Waals surface area contributed by atoms with Crippen LogP contribution in [0.2, 0.25) is 0 Å². The summed E-state index contributed by atoms with van der Waals surface area (Å²) in [6.45, 7) is 0. The summed E-state index contributed by atoms with van der Waals surface area (Å²) >= 11 is 0. The van der Waals surface area contributed by atoms with Crippen molar-refractivity contribution in [2.24, 2.45) is 0 Å². The van der Waals surface area contributed by atoms with Gasteiger partial charge in [-0.25, -0.2) is 0 Å². The van der Waals surface area contributed by atoms with E-state index in [0.717, 1.165) is 0 Å². The molecule has 0 atom stereocenters. The number of methoxy groups -OCH3 is 1. The summed E-state index contributed by atoms with van der Waals surface area (Å²) in [5.41, 5.74) is 8.37. The van der Waals surface area contributed by atoms with Crippen molar-refractivity contribution >= 4 is 17.1 Å². The second kappa shape index (κ2) is 5.64. The van der Waals surface area contributed by atoms with Crippen LogP contribution in [0.25, 0.3) is 0 Å². The van der Waals surface area contributed by atoms with Gasteiger partial charge in [0.15, 0.2) is 0 Å². The molecular formula is C15H12N4O. The van der Waals surface area contributed by atoms with Crippen LogP contribution >= 0.6 is 0 Å². The van der Waals surface area contributed by atoms with E-state index in [-0.39, 0.29) is 0 Å². The van der Waals surface area contributed by atoms with Gasteiger partial charge in [-0.15, -0.1) is 0 Å². The highest BCUT2D eigenvalue weighted by Crippen LogP contribution is 2.33. The summed E-state index contributed by atoms with van der Waals surface area (Å²) in [5.74, 6) is 0.533. The van der Waals surface area contributed by atoms with Gasteiger partial charge in [-0.2, -0.15) is 10.5 Å². The number of nitrogens with one attached hydrogen (secondary N) is 1. The van der Waals surface area contributed by atoms with Crippen LogP contribution in [0.4, 0.5) is 17.1 Å². The number of ether oxygens (including phenoxy) is 1. The molecule has 5 heteroatoms. The number of benzene rings is 2.